The van der Waals surface area contributed by atoms with Gasteiger partial charge in [0.2, 0.25) is 10.0 Å². The van der Waals surface area contributed by atoms with Crippen LogP contribution in [0.1, 0.15) is 24.1 Å². The zero-order valence-electron chi connectivity index (χ0n) is 25.3. The van der Waals surface area contributed by atoms with Crippen LogP contribution in [0.25, 0.3) is 45.2 Å². The summed E-state index contributed by atoms with van der Waals surface area (Å²) >= 11 is 0. The first kappa shape index (κ1) is 32.1. The lowest BCUT2D eigenvalue weighted by Crippen LogP contribution is -2.27. The van der Waals surface area contributed by atoms with Gasteiger partial charge in [0.05, 0.1) is 23.2 Å². The molecule has 12 heteroatoms. The van der Waals surface area contributed by atoms with Crippen molar-refractivity contribution in [3.05, 3.63) is 127 Å². The Morgan fingerprint density at radius 1 is 0.667 bits per heavy atom. The second-order valence-corrected chi connectivity index (χ2v) is 12.6. The number of carboxylic acid groups (broad SMARTS) is 2. The van der Waals surface area contributed by atoms with Crippen molar-refractivity contribution in [2.24, 2.45) is 11.1 Å². The van der Waals surface area contributed by atoms with Crippen LogP contribution in [0.3, 0.4) is 0 Å². The minimum Gasteiger partial charge on any atom is -0.481 e. The van der Waals surface area contributed by atoms with Gasteiger partial charge in [-0.05, 0) is 24.3 Å². The van der Waals surface area contributed by atoms with Gasteiger partial charge in [0.15, 0.2) is 23.3 Å². The average molecular weight is 664 g/mol. The van der Waals surface area contributed by atoms with Crippen molar-refractivity contribution >= 4 is 22.0 Å². The molecule has 0 aliphatic carbocycles. The molecule has 0 radical (unpaired) electrons. The third-order valence-corrected chi connectivity index (χ3v) is 8.73. The molecule has 0 saturated heterocycles. The summed E-state index contributed by atoms with van der Waals surface area (Å²) in [6.45, 7) is 0. The summed E-state index contributed by atoms with van der Waals surface area (Å²) in [5.41, 5.74) is 3.38. The SMILES string of the molecule is NS(=O)(=O)c1ccc(-c2oc(C(CC(=O)O)C(Cc3nc(-c4ccccc4)c(-c4ccccc4)o3)C(=O)O)nc2-c2ccccc2)cc1. The van der Waals surface area contributed by atoms with Gasteiger partial charge in [0.25, 0.3) is 0 Å². The van der Waals surface area contributed by atoms with Gasteiger partial charge in [-0.3, -0.25) is 9.59 Å². The Morgan fingerprint density at radius 2 is 1.15 bits per heavy atom. The number of nitrogens with two attached hydrogens (primary N) is 1. The number of aromatic nitrogens is 2. The fourth-order valence-electron chi connectivity index (χ4n) is 5.49. The number of carbonyl (C=O) groups is 2. The zero-order chi connectivity index (χ0) is 33.8. The van der Waals surface area contributed by atoms with E-state index in [4.69, 9.17) is 19.0 Å². The summed E-state index contributed by atoms with van der Waals surface area (Å²) in [4.78, 5) is 34.3. The van der Waals surface area contributed by atoms with Crippen LogP contribution in [0, 0.1) is 5.92 Å². The molecule has 0 bridgehead atoms. The second kappa shape index (κ2) is 13.5. The zero-order valence-corrected chi connectivity index (χ0v) is 26.1. The van der Waals surface area contributed by atoms with E-state index in [1.54, 1.807) is 24.3 Å². The molecule has 6 aromatic rings. The van der Waals surface area contributed by atoms with Crippen molar-refractivity contribution < 1.29 is 37.1 Å². The number of nitrogens with zero attached hydrogens (tertiary/aromatic N) is 2. The first-order valence-electron chi connectivity index (χ1n) is 14.8. The van der Waals surface area contributed by atoms with E-state index in [0.29, 0.717) is 28.3 Å². The maximum absolute atomic E-state index is 12.9. The molecule has 0 spiro atoms. The van der Waals surface area contributed by atoms with Gasteiger partial charge in [-0.25, -0.2) is 23.5 Å². The quantitative estimate of drug-likeness (QED) is 0.131. The van der Waals surface area contributed by atoms with Crippen LogP contribution < -0.4 is 5.14 Å². The summed E-state index contributed by atoms with van der Waals surface area (Å²) in [7, 11) is -3.96. The summed E-state index contributed by atoms with van der Waals surface area (Å²) in [6.07, 6.45) is -0.880. The molecule has 2 atom stereocenters. The lowest BCUT2D eigenvalue weighted by molar-refractivity contribution is -0.144. The van der Waals surface area contributed by atoms with E-state index in [2.05, 4.69) is 4.98 Å². The van der Waals surface area contributed by atoms with Gasteiger partial charge in [0, 0.05) is 28.7 Å². The lowest BCUT2D eigenvalue weighted by atomic mass is 9.86. The molecule has 0 fully saturated rings. The van der Waals surface area contributed by atoms with E-state index in [0.717, 1.165) is 11.1 Å². The number of rotatable bonds is 12. The Bertz CT molecular complexity index is 2110. The smallest absolute Gasteiger partial charge is 0.307 e. The van der Waals surface area contributed by atoms with Gasteiger partial charge in [-0.15, -0.1) is 0 Å². The minimum atomic E-state index is -3.96. The maximum Gasteiger partial charge on any atom is 0.307 e. The molecule has 2 heterocycles. The summed E-state index contributed by atoms with van der Waals surface area (Å²) in [5.74, 6) is -4.53. The molecule has 242 valence electrons. The van der Waals surface area contributed by atoms with Crippen LogP contribution in [-0.2, 0) is 26.0 Å². The van der Waals surface area contributed by atoms with Crippen molar-refractivity contribution in [3.8, 4) is 45.2 Å². The number of carboxylic acids is 2. The largest absolute Gasteiger partial charge is 0.481 e. The van der Waals surface area contributed by atoms with E-state index in [-0.39, 0.29) is 28.9 Å². The molecular weight excluding hydrogens is 634 g/mol. The van der Waals surface area contributed by atoms with Crippen molar-refractivity contribution in [2.45, 2.75) is 23.7 Å². The van der Waals surface area contributed by atoms with Gasteiger partial charge >= 0.3 is 11.9 Å². The van der Waals surface area contributed by atoms with E-state index < -0.39 is 40.2 Å². The fourth-order valence-corrected chi connectivity index (χ4v) is 6.00. The summed E-state index contributed by atoms with van der Waals surface area (Å²) in [5, 5.41) is 25.7. The van der Waals surface area contributed by atoms with Crippen LogP contribution in [-0.4, -0.2) is 40.5 Å². The first-order valence-corrected chi connectivity index (χ1v) is 16.4. The molecule has 2 unspecified atom stereocenters. The van der Waals surface area contributed by atoms with E-state index >= 15 is 0 Å². The molecule has 0 saturated carbocycles. The predicted octanol–water partition coefficient (Wildman–Crippen LogP) is 6.48. The van der Waals surface area contributed by atoms with Gasteiger partial charge in [-0.2, -0.15) is 0 Å². The summed E-state index contributed by atoms with van der Waals surface area (Å²) < 4.78 is 36.1. The summed E-state index contributed by atoms with van der Waals surface area (Å²) in [6, 6.07) is 33.1. The molecule has 0 aliphatic rings. The molecule has 48 heavy (non-hydrogen) atoms. The number of oxazole rings is 2. The number of sulfonamides is 1. The number of benzene rings is 4. The van der Waals surface area contributed by atoms with E-state index in [1.165, 1.54) is 24.3 Å². The fraction of sp³-hybridized carbons (Fsp3) is 0.111. The second-order valence-electron chi connectivity index (χ2n) is 11.0. The van der Waals surface area contributed by atoms with Gasteiger partial charge < -0.3 is 19.0 Å². The highest BCUT2D eigenvalue weighted by Crippen LogP contribution is 2.40. The Morgan fingerprint density at radius 3 is 1.65 bits per heavy atom. The van der Waals surface area contributed by atoms with Gasteiger partial charge in [-0.1, -0.05) is 91.0 Å². The highest BCUT2D eigenvalue weighted by atomic mass is 32.2. The number of aliphatic carboxylic acids is 2. The Hall–Kier alpha value is -5.85. The minimum absolute atomic E-state index is 0.101. The Labute approximate surface area is 275 Å². The third-order valence-electron chi connectivity index (χ3n) is 7.80. The highest BCUT2D eigenvalue weighted by Gasteiger charge is 2.38. The number of primary sulfonamides is 1. The lowest BCUT2D eigenvalue weighted by Gasteiger charge is -2.18. The standard InChI is InChI=1S/C36H29N3O8S/c37-48(44,45)26-18-16-25(17-19-26)34-32(23-12-6-2-7-13-23)39-35(47-34)27(21-30(40)41)28(36(42)43)20-29-38-31(22-10-4-1-5-11-22)33(46-29)24-14-8-3-9-15-24/h1-19,27-28H,20-21H2,(H,40,41)(H,42,43)(H2,37,44,45). The van der Waals surface area contributed by atoms with Crippen molar-refractivity contribution in [3.63, 3.8) is 0 Å². The molecule has 4 aromatic carbocycles. The normalized spacial score (nSPS) is 12.8. The van der Waals surface area contributed by atoms with Crippen LogP contribution in [0.5, 0.6) is 0 Å². The van der Waals surface area contributed by atoms with Crippen LogP contribution in [0.4, 0.5) is 0 Å². The molecular formula is C36H29N3O8S. The molecule has 0 amide bonds. The topological polar surface area (TPSA) is 187 Å². The highest BCUT2D eigenvalue weighted by molar-refractivity contribution is 7.89. The van der Waals surface area contributed by atoms with Gasteiger partial charge in [0.1, 0.15) is 11.4 Å². The van der Waals surface area contributed by atoms with Crippen molar-refractivity contribution in [2.75, 3.05) is 0 Å². The first-order chi connectivity index (χ1) is 23.1. The number of hydrogen-bond donors (Lipinski definition) is 3. The van der Waals surface area contributed by atoms with E-state index in [9.17, 15) is 28.2 Å². The predicted molar refractivity (Wildman–Crippen MR) is 176 cm³/mol. The molecule has 4 N–H and O–H groups in total. The average Bonchev–Trinajstić information content (AvgIpc) is 3.72. The number of hydrogen-bond acceptors (Lipinski definition) is 8. The maximum atomic E-state index is 12.9. The third kappa shape index (κ3) is 6.94. The van der Waals surface area contributed by atoms with Crippen LogP contribution in [0.2, 0.25) is 0 Å². The molecule has 6 rings (SSSR count). The molecule has 2 aromatic heterocycles. The van der Waals surface area contributed by atoms with Crippen molar-refractivity contribution in [1.82, 2.24) is 9.97 Å². The Balaban J connectivity index is 1.44. The van der Waals surface area contributed by atoms with Crippen LogP contribution >= 0.6 is 0 Å². The van der Waals surface area contributed by atoms with Crippen molar-refractivity contribution in [1.29, 1.82) is 0 Å². The monoisotopic (exact) mass is 663 g/mol. The van der Waals surface area contributed by atoms with E-state index in [1.807, 2.05) is 66.7 Å². The molecule has 11 nitrogen and oxygen atoms in total. The Kier molecular flexibility index (Phi) is 9.02. The molecule has 0 aliphatic heterocycles. The van der Waals surface area contributed by atoms with Crippen LogP contribution in [0.15, 0.2) is 129 Å².